The minimum absolute atomic E-state index is 0.275. The largest absolute Gasteiger partial charge is 0.480 e. The normalized spacial score (nSPS) is 18.4. The quantitative estimate of drug-likeness (QED) is 0.900. The number of hydrogen-bond acceptors (Lipinski definition) is 3. The highest BCUT2D eigenvalue weighted by Gasteiger charge is 2.36. The van der Waals surface area contributed by atoms with E-state index in [1.54, 1.807) is 7.05 Å². The highest BCUT2D eigenvalue weighted by molar-refractivity contribution is 7.99. The molecule has 1 aromatic rings. The van der Waals surface area contributed by atoms with Gasteiger partial charge in [-0.05, 0) is 24.6 Å². The Labute approximate surface area is 116 Å². The predicted octanol–water partition coefficient (Wildman–Crippen LogP) is 2.01. The van der Waals surface area contributed by atoms with Gasteiger partial charge in [-0.3, -0.25) is 4.90 Å². The van der Waals surface area contributed by atoms with Crippen molar-refractivity contribution in [2.24, 2.45) is 0 Å². The van der Waals surface area contributed by atoms with Crippen LogP contribution < -0.4 is 4.90 Å². The fourth-order valence-electron chi connectivity index (χ4n) is 1.98. The number of rotatable bonds is 2. The number of hydrogen-bond donors (Lipinski definition) is 1. The zero-order valence-corrected chi connectivity index (χ0v) is 11.7. The molecule has 1 aliphatic rings. The number of carbonyl (C=O) groups is 2. The van der Waals surface area contributed by atoms with Crippen molar-refractivity contribution in [3.63, 3.8) is 0 Å². The first-order chi connectivity index (χ1) is 9.00. The molecule has 1 N–H and O–H groups in total. The second-order valence-corrected chi connectivity index (χ2v) is 5.50. The number of aryl methyl sites for hydroxylation is 1. The third kappa shape index (κ3) is 2.84. The summed E-state index contributed by atoms with van der Waals surface area (Å²) in [6, 6.07) is 6.56. The van der Waals surface area contributed by atoms with Gasteiger partial charge in [-0.15, -0.1) is 11.8 Å². The summed E-state index contributed by atoms with van der Waals surface area (Å²) < 4.78 is 0. The van der Waals surface area contributed by atoms with Crippen molar-refractivity contribution in [1.82, 2.24) is 4.90 Å². The van der Waals surface area contributed by atoms with Crippen molar-refractivity contribution in [2.45, 2.75) is 13.0 Å². The van der Waals surface area contributed by atoms with Crippen molar-refractivity contribution in [3.8, 4) is 0 Å². The number of aliphatic carboxylic acids is 1. The molecule has 0 radical (unpaired) electrons. The minimum Gasteiger partial charge on any atom is -0.480 e. The van der Waals surface area contributed by atoms with Crippen molar-refractivity contribution >= 4 is 29.4 Å². The number of thioether (sulfide) groups is 1. The van der Waals surface area contributed by atoms with Crippen LogP contribution in [0, 0.1) is 6.92 Å². The summed E-state index contributed by atoms with van der Waals surface area (Å²) in [4.78, 5) is 26.3. The fraction of sp³-hybridized carbons (Fsp3) is 0.385. The first kappa shape index (κ1) is 13.7. The van der Waals surface area contributed by atoms with Crippen LogP contribution in [0.4, 0.5) is 10.5 Å². The fourth-order valence-corrected chi connectivity index (χ4v) is 3.11. The second kappa shape index (κ2) is 5.52. The Morgan fingerprint density at radius 1 is 1.47 bits per heavy atom. The van der Waals surface area contributed by atoms with Crippen LogP contribution in [0.15, 0.2) is 24.3 Å². The van der Waals surface area contributed by atoms with Crippen LogP contribution in [0.2, 0.25) is 0 Å². The standard InChI is InChI=1S/C13H16N2O3S/c1-9-4-3-5-10(6-9)14(2)13(18)15-8-19-7-11(15)12(16)17/h3-6,11H,7-8H2,1-2H3,(H,16,17)/t11-/m0/s1. The third-order valence-corrected chi connectivity index (χ3v) is 4.10. The molecule has 1 aliphatic heterocycles. The molecule has 1 saturated heterocycles. The molecule has 2 rings (SSSR count). The molecule has 1 heterocycles. The molecule has 0 spiro atoms. The van der Waals surface area contributed by atoms with E-state index in [2.05, 4.69) is 0 Å². The molecule has 2 amide bonds. The minimum atomic E-state index is -0.948. The molecule has 102 valence electrons. The molecule has 19 heavy (non-hydrogen) atoms. The smallest absolute Gasteiger partial charge is 0.327 e. The molecular weight excluding hydrogens is 264 g/mol. The van der Waals surface area contributed by atoms with E-state index >= 15 is 0 Å². The molecule has 1 aromatic carbocycles. The molecule has 1 fully saturated rings. The molecule has 5 nitrogen and oxygen atoms in total. The van der Waals surface area contributed by atoms with Gasteiger partial charge >= 0.3 is 12.0 Å². The zero-order valence-electron chi connectivity index (χ0n) is 10.9. The highest BCUT2D eigenvalue weighted by Crippen LogP contribution is 2.24. The van der Waals surface area contributed by atoms with Crippen LogP contribution in [0.5, 0.6) is 0 Å². The van der Waals surface area contributed by atoms with Crippen molar-refractivity contribution in [3.05, 3.63) is 29.8 Å². The summed E-state index contributed by atoms with van der Waals surface area (Å²) in [6.07, 6.45) is 0. The lowest BCUT2D eigenvalue weighted by atomic mass is 10.2. The summed E-state index contributed by atoms with van der Waals surface area (Å²) in [5, 5.41) is 9.10. The number of carbonyl (C=O) groups excluding carboxylic acids is 1. The summed E-state index contributed by atoms with van der Waals surface area (Å²) >= 11 is 1.46. The molecule has 0 bridgehead atoms. The Balaban J connectivity index is 2.17. The SMILES string of the molecule is Cc1cccc(N(C)C(=O)N2CSC[C@H]2C(=O)O)c1. The molecule has 0 aliphatic carbocycles. The van der Waals surface area contributed by atoms with Crippen LogP contribution in [-0.2, 0) is 4.79 Å². The van der Waals surface area contributed by atoms with E-state index in [1.807, 2.05) is 31.2 Å². The number of carboxylic acids is 1. The average molecular weight is 280 g/mol. The summed E-state index contributed by atoms with van der Waals surface area (Å²) in [5.74, 6) is -0.0784. The van der Waals surface area contributed by atoms with Gasteiger partial charge in [-0.2, -0.15) is 0 Å². The van der Waals surface area contributed by atoms with Crippen LogP contribution in [0.25, 0.3) is 0 Å². The van der Waals surface area contributed by atoms with E-state index in [-0.39, 0.29) is 6.03 Å². The van der Waals surface area contributed by atoms with E-state index in [0.717, 1.165) is 11.3 Å². The number of anilines is 1. The van der Waals surface area contributed by atoms with E-state index in [4.69, 9.17) is 5.11 Å². The average Bonchev–Trinajstić information content (AvgIpc) is 2.86. The topological polar surface area (TPSA) is 60.9 Å². The first-order valence-electron chi connectivity index (χ1n) is 5.92. The number of urea groups is 1. The third-order valence-electron chi connectivity index (χ3n) is 3.09. The van der Waals surface area contributed by atoms with Gasteiger partial charge in [0.2, 0.25) is 0 Å². The number of carboxylic acid groups (broad SMARTS) is 1. The van der Waals surface area contributed by atoms with Crippen molar-refractivity contribution in [1.29, 1.82) is 0 Å². The van der Waals surface area contributed by atoms with Crippen LogP contribution >= 0.6 is 11.8 Å². The van der Waals surface area contributed by atoms with Gasteiger partial charge in [-0.25, -0.2) is 9.59 Å². The van der Waals surface area contributed by atoms with Gasteiger partial charge < -0.3 is 10.0 Å². The number of benzene rings is 1. The predicted molar refractivity (Wildman–Crippen MR) is 75.6 cm³/mol. The lowest BCUT2D eigenvalue weighted by molar-refractivity contribution is -0.140. The lowest BCUT2D eigenvalue weighted by Crippen LogP contribution is -2.47. The summed E-state index contributed by atoms with van der Waals surface area (Å²) in [7, 11) is 1.67. The molecule has 6 heteroatoms. The van der Waals surface area contributed by atoms with Crippen LogP contribution in [0.1, 0.15) is 5.56 Å². The Morgan fingerprint density at radius 3 is 2.84 bits per heavy atom. The van der Waals surface area contributed by atoms with Crippen molar-refractivity contribution in [2.75, 3.05) is 23.6 Å². The Hall–Kier alpha value is -1.69. The summed E-state index contributed by atoms with van der Waals surface area (Å²) in [6.45, 7) is 1.95. The molecule has 0 saturated carbocycles. The lowest BCUT2D eigenvalue weighted by Gasteiger charge is -2.27. The molecular formula is C13H16N2O3S. The Morgan fingerprint density at radius 2 is 2.21 bits per heavy atom. The maximum Gasteiger partial charge on any atom is 0.327 e. The van der Waals surface area contributed by atoms with Gasteiger partial charge in [0.25, 0.3) is 0 Å². The first-order valence-corrected chi connectivity index (χ1v) is 7.07. The van der Waals surface area contributed by atoms with Crippen LogP contribution in [0.3, 0.4) is 0 Å². The van der Waals surface area contributed by atoms with Gasteiger partial charge in [-0.1, -0.05) is 12.1 Å². The van der Waals surface area contributed by atoms with Gasteiger partial charge in [0.05, 0.1) is 5.88 Å². The van der Waals surface area contributed by atoms with Gasteiger partial charge in [0.15, 0.2) is 0 Å². The van der Waals surface area contributed by atoms with Gasteiger partial charge in [0, 0.05) is 18.5 Å². The molecule has 1 atom stereocenters. The maximum atomic E-state index is 12.3. The Bertz CT molecular complexity index is 506. The zero-order chi connectivity index (χ0) is 14.0. The van der Waals surface area contributed by atoms with E-state index in [0.29, 0.717) is 11.6 Å². The highest BCUT2D eigenvalue weighted by atomic mass is 32.2. The number of amides is 2. The van der Waals surface area contributed by atoms with Crippen molar-refractivity contribution < 1.29 is 14.7 Å². The van der Waals surface area contributed by atoms with Gasteiger partial charge in [0.1, 0.15) is 6.04 Å². The number of nitrogens with zero attached hydrogens (tertiary/aromatic N) is 2. The Kier molecular flexibility index (Phi) is 3.99. The monoisotopic (exact) mass is 280 g/mol. The maximum absolute atomic E-state index is 12.3. The van der Waals surface area contributed by atoms with E-state index in [9.17, 15) is 9.59 Å². The second-order valence-electron chi connectivity index (χ2n) is 4.50. The van der Waals surface area contributed by atoms with E-state index in [1.165, 1.54) is 21.6 Å². The molecule has 0 aromatic heterocycles. The van der Waals surface area contributed by atoms with Crippen LogP contribution in [-0.4, -0.2) is 46.7 Å². The van der Waals surface area contributed by atoms with E-state index < -0.39 is 12.0 Å². The molecule has 0 unspecified atom stereocenters. The summed E-state index contributed by atoms with van der Waals surface area (Å²) in [5.41, 5.74) is 1.83.